The van der Waals surface area contributed by atoms with Crippen molar-refractivity contribution in [2.24, 2.45) is 5.92 Å². The highest BCUT2D eigenvalue weighted by atomic mass is 32.2. The van der Waals surface area contributed by atoms with Gasteiger partial charge in [-0.25, -0.2) is 13.1 Å². The minimum absolute atomic E-state index is 0.238. The lowest BCUT2D eigenvalue weighted by Gasteiger charge is -2.21. The van der Waals surface area contributed by atoms with Gasteiger partial charge in [0.15, 0.2) is 0 Å². The van der Waals surface area contributed by atoms with Gasteiger partial charge in [-0.05, 0) is 40.8 Å². The number of nitrogens with one attached hydrogen (secondary N) is 1. The molecular formula is C21H23NO2S. The van der Waals surface area contributed by atoms with Gasteiger partial charge in [-0.3, -0.25) is 0 Å². The molecule has 0 saturated heterocycles. The molecular weight excluding hydrogens is 330 g/mol. The molecule has 0 spiro atoms. The minimum Gasteiger partial charge on any atom is -0.207 e. The van der Waals surface area contributed by atoms with Gasteiger partial charge in [-0.15, -0.1) is 0 Å². The average molecular weight is 353 g/mol. The van der Waals surface area contributed by atoms with Crippen molar-refractivity contribution in [3.8, 4) is 0 Å². The van der Waals surface area contributed by atoms with Gasteiger partial charge >= 0.3 is 0 Å². The van der Waals surface area contributed by atoms with E-state index in [4.69, 9.17) is 0 Å². The molecule has 0 saturated carbocycles. The average Bonchev–Trinajstić information content (AvgIpc) is 2.61. The van der Waals surface area contributed by atoms with Crippen LogP contribution in [0.1, 0.15) is 31.9 Å². The van der Waals surface area contributed by atoms with Crippen molar-refractivity contribution in [1.29, 1.82) is 0 Å². The second-order valence-corrected chi connectivity index (χ2v) is 8.44. The fraction of sp³-hybridized carbons (Fsp3) is 0.238. The molecule has 0 aliphatic rings. The lowest BCUT2D eigenvalue weighted by atomic mass is 9.98. The van der Waals surface area contributed by atoms with Gasteiger partial charge in [-0.1, -0.05) is 74.5 Å². The van der Waals surface area contributed by atoms with Crippen LogP contribution in [-0.4, -0.2) is 8.42 Å². The summed E-state index contributed by atoms with van der Waals surface area (Å²) in [7, 11) is -3.59. The zero-order valence-electron chi connectivity index (χ0n) is 14.5. The molecule has 3 aromatic rings. The molecule has 0 aromatic heterocycles. The van der Waals surface area contributed by atoms with Gasteiger partial charge in [0.2, 0.25) is 10.0 Å². The van der Waals surface area contributed by atoms with E-state index in [2.05, 4.69) is 18.6 Å². The molecule has 0 radical (unpaired) electrons. The van der Waals surface area contributed by atoms with Gasteiger partial charge in [-0.2, -0.15) is 0 Å². The number of benzene rings is 3. The summed E-state index contributed by atoms with van der Waals surface area (Å²) in [5, 5.41) is 1.95. The molecule has 0 aliphatic heterocycles. The Balaban J connectivity index is 1.93. The Hall–Kier alpha value is -2.17. The van der Waals surface area contributed by atoms with E-state index in [1.165, 1.54) is 0 Å². The van der Waals surface area contributed by atoms with Gasteiger partial charge in [0, 0.05) is 6.04 Å². The topological polar surface area (TPSA) is 46.2 Å². The Morgan fingerprint density at radius 2 is 1.48 bits per heavy atom. The van der Waals surface area contributed by atoms with Crippen LogP contribution in [0.4, 0.5) is 0 Å². The first-order valence-corrected chi connectivity index (χ1v) is 10.00. The van der Waals surface area contributed by atoms with Gasteiger partial charge < -0.3 is 0 Å². The molecule has 3 aromatic carbocycles. The second kappa shape index (κ2) is 7.38. The predicted octanol–water partition coefficient (Wildman–Crippen LogP) is 4.91. The van der Waals surface area contributed by atoms with Crippen LogP contribution in [0.5, 0.6) is 0 Å². The fourth-order valence-corrected chi connectivity index (χ4v) is 4.27. The number of fused-ring (bicyclic) bond motifs is 1. The summed E-state index contributed by atoms with van der Waals surface area (Å²) in [6.45, 7) is 4.19. The van der Waals surface area contributed by atoms with Crippen molar-refractivity contribution in [2.45, 2.75) is 31.2 Å². The van der Waals surface area contributed by atoms with E-state index in [-0.39, 0.29) is 6.04 Å². The van der Waals surface area contributed by atoms with Crippen molar-refractivity contribution in [2.75, 3.05) is 0 Å². The molecule has 3 nitrogen and oxygen atoms in total. The molecule has 0 bridgehead atoms. The van der Waals surface area contributed by atoms with E-state index in [1.807, 2.05) is 60.7 Å². The molecule has 3 rings (SSSR count). The van der Waals surface area contributed by atoms with Crippen LogP contribution < -0.4 is 4.72 Å². The molecule has 25 heavy (non-hydrogen) atoms. The molecule has 1 atom stereocenters. The van der Waals surface area contributed by atoms with Gasteiger partial charge in [0.05, 0.1) is 4.90 Å². The van der Waals surface area contributed by atoms with Crippen LogP contribution in [-0.2, 0) is 10.0 Å². The minimum atomic E-state index is -3.59. The van der Waals surface area contributed by atoms with Gasteiger partial charge in [0.1, 0.15) is 0 Å². The lowest BCUT2D eigenvalue weighted by molar-refractivity contribution is 0.472. The van der Waals surface area contributed by atoms with E-state index < -0.39 is 10.0 Å². The van der Waals surface area contributed by atoms with E-state index in [1.54, 1.807) is 12.1 Å². The molecule has 4 heteroatoms. The first kappa shape index (κ1) is 17.6. The standard InChI is InChI=1S/C21H23NO2S/c1-16(2)14-21(18-9-4-3-5-10-18)22-25(23,24)20-13-12-17-8-6-7-11-19(17)15-20/h3-13,15-16,21-22H,14H2,1-2H3/t21-/m0/s1. The molecule has 0 heterocycles. The van der Waals surface area contributed by atoms with Crippen LogP contribution in [0.3, 0.4) is 0 Å². The Bertz CT molecular complexity index is 950. The summed E-state index contributed by atoms with van der Waals surface area (Å²) in [5.41, 5.74) is 0.987. The van der Waals surface area contributed by atoms with E-state index >= 15 is 0 Å². The number of sulfonamides is 1. The quantitative estimate of drug-likeness (QED) is 0.685. The maximum absolute atomic E-state index is 12.9. The Morgan fingerprint density at radius 3 is 2.16 bits per heavy atom. The maximum Gasteiger partial charge on any atom is 0.241 e. The highest BCUT2D eigenvalue weighted by molar-refractivity contribution is 7.89. The molecule has 0 fully saturated rings. The zero-order valence-corrected chi connectivity index (χ0v) is 15.3. The first-order valence-electron chi connectivity index (χ1n) is 8.52. The van der Waals surface area contributed by atoms with E-state index in [0.717, 1.165) is 22.8 Å². The summed E-state index contributed by atoms with van der Waals surface area (Å²) in [5.74, 6) is 0.379. The number of rotatable bonds is 6. The summed E-state index contributed by atoms with van der Waals surface area (Å²) >= 11 is 0. The Kier molecular flexibility index (Phi) is 5.21. The second-order valence-electron chi connectivity index (χ2n) is 6.72. The SMILES string of the molecule is CC(C)C[C@H](NS(=O)(=O)c1ccc2ccccc2c1)c1ccccc1. The molecule has 130 valence electrons. The highest BCUT2D eigenvalue weighted by Crippen LogP contribution is 2.25. The molecule has 0 amide bonds. The smallest absolute Gasteiger partial charge is 0.207 e. The van der Waals surface area contributed by atoms with Crippen molar-refractivity contribution in [3.63, 3.8) is 0 Å². The number of hydrogen-bond acceptors (Lipinski definition) is 2. The third-order valence-corrected chi connectivity index (χ3v) is 5.71. The van der Waals surface area contributed by atoms with Crippen LogP contribution in [0, 0.1) is 5.92 Å². The van der Waals surface area contributed by atoms with E-state index in [9.17, 15) is 8.42 Å². The Morgan fingerprint density at radius 1 is 0.840 bits per heavy atom. The van der Waals surface area contributed by atoms with Crippen molar-refractivity contribution in [1.82, 2.24) is 4.72 Å². The van der Waals surface area contributed by atoms with Crippen LogP contribution >= 0.6 is 0 Å². The number of hydrogen-bond donors (Lipinski definition) is 1. The van der Waals surface area contributed by atoms with Crippen LogP contribution in [0.15, 0.2) is 77.7 Å². The first-order chi connectivity index (χ1) is 12.0. The predicted molar refractivity (Wildman–Crippen MR) is 103 cm³/mol. The van der Waals surface area contributed by atoms with Crippen molar-refractivity contribution in [3.05, 3.63) is 78.4 Å². The van der Waals surface area contributed by atoms with Crippen LogP contribution in [0.25, 0.3) is 10.8 Å². The maximum atomic E-state index is 12.9. The third-order valence-electron chi connectivity index (χ3n) is 4.24. The van der Waals surface area contributed by atoms with E-state index in [0.29, 0.717) is 10.8 Å². The summed E-state index contributed by atoms with van der Waals surface area (Å²) in [4.78, 5) is 0.302. The molecule has 1 N–H and O–H groups in total. The monoisotopic (exact) mass is 353 g/mol. The van der Waals surface area contributed by atoms with Crippen molar-refractivity contribution >= 4 is 20.8 Å². The van der Waals surface area contributed by atoms with Crippen molar-refractivity contribution < 1.29 is 8.42 Å². The summed E-state index contributed by atoms with van der Waals surface area (Å²) < 4.78 is 28.8. The highest BCUT2D eigenvalue weighted by Gasteiger charge is 2.22. The summed E-state index contributed by atoms with van der Waals surface area (Å²) in [6, 6.07) is 22.5. The molecule has 0 aliphatic carbocycles. The lowest BCUT2D eigenvalue weighted by Crippen LogP contribution is -2.29. The fourth-order valence-electron chi connectivity index (χ4n) is 3.00. The van der Waals surface area contributed by atoms with Crippen LogP contribution in [0.2, 0.25) is 0 Å². The van der Waals surface area contributed by atoms with Gasteiger partial charge in [0.25, 0.3) is 0 Å². The normalized spacial score (nSPS) is 13.2. The summed E-state index contributed by atoms with van der Waals surface area (Å²) in [6.07, 6.45) is 0.747. The zero-order chi connectivity index (χ0) is 17.9. The Labute approximate surface area is 149 Å². The largest absolute Gasteiger partial charge is 0.241 e. The third kappa shape index (κ3) is 4.27. The molecule has 0 unspecified atom stereocenters.